The topological polar surface area (TPSA) is 55.6 Å². The Balaban J connectivity index is 2.16. The van der Waals surface area contributed by atoms with Gasteiger partial charge in [-0.25, -0.2) is 4.68 Å². The summed E-state index contributed by atoms with van der Waals surface area (Å²) in [7, 11) is 1.86. The first-order valence-corrected chi connectivity index (χ1v) is 5.80. The van der Waals surface area contributed by atoms with Gasteiger partial charge in [0, 0.05) is 19.5 Å². The van der Waals surface area contributed by atoms with Crippen LogP contribution in [-0.2, 0) is 13.5 Å². The van der Waals surface area contributed by atoms with Crippen molar-refractivity contribution in [3.05, 3.63) is 41.7 Å². The third-order valence-corrected chi connectivity index (χ3v) is 2.75. The monoisotopic (exact) mass is 231 g/mol. The summed E-state index contributed by atoms with van der Waals surface area (Å²) in [5, 5.41) is 15.0. The summed E-state index contributed by atoms with van der Waals surface area (Å²) in [5.74, 6) is 0.889. The Morgan fingerprint density at radius 2 is 2.06 bits per heavy atom. The fourth-order valence-electron chi connectivity index (χ4n) is 1.84. The highest BCUT2D eigenvalue weighted by Gasteiger charge is 2.14. The second kappa shape index (κ2) is 5.54. The zero-order valence-corrected chi connectivity index (χ0v) is 10.2. The van der Waals surface area contributed by atoms with Gasteiger partial charge in [0.2, 0.25) is 0 Å². The number of nitrogens with one attached hydrogen (secondary N) is 1. The van der Waals surface area contributed by atoms with Crippen LogP contribution in [0.1, 0.15) is 24.4 Å². The van der Waals surface area contributed by atoms with Crippen molar-refractivity contribution >= 4 is 0 Å². The Morgan fingerprint density at radius 3 is 2.65 bits per heavy atom. The van der Waals surface area contributed by atoms with E-state index in [-0.39, 0.29) is 6.04 Å². The SMILES string of the molecule is CCNC(Cc1nnnn1C)c1ccccc1. The van der Waals surface area contributed by atoms with Crippen LogP contribution in [0.5, 0.6) is 0 Å². The molecule has 0 spiro atoms. The molecule has 1 unspecified atom stereocenters. The Bertz CT molecular complexity index is 451. The molecule has 0 bridgehead atoms. The van der Waals surface area contributed by atoms with Gasteiger partial charge in [-0.15, -0.1) is 5.10 Å². The van der Waals surface area contributed by atoms with E-state index in [1.165, 1.54) is 5.56 Å². The summed E-state index contributed by atoms with van der Waals surface area (Å²) in [4.78, 5) is 0. The van der Waals surface area contributed by atoms with Crippen molar-refractivity contribution in [2.24, 2.45) is 7.05 Å². The molecule has 0 fully saturated rings. The number of benzene rings is 1. The third-order valence-electron chi connectivity index (χ3n) is 2.75. The number of aryl methyl sites for hydroxylation is 1. The third kappa shape index (κ3) is 2.88. The molecule has 0 aliphatic carbocycles. The molecule has 1 aromatic carbocycles. The zero-order chi connectivity index (χ0) is 12.1. The van der Waals surface area contributed by atoms with Gasteiger partial charge in [0.25, 0.3) is 0 Å². The molecule has 2 rings (SSSR count). The van der Waals surface area contributed by atoms with Gasteiger partial charge in [-0.3, -0.25) is 0 Å². The van der Waals surface area contributed by atoms with Crippen molar-refractivity contribution in [2.45, 2.75) is 19.4 Å². The Hall–Kier alpha value is -1.75. The lowest BCUT2D eigenvalue weighted by Crippen LogP contribution is -2.24. The molecular weight excluding hydrogens is 214 g/mol. The molecule has 0 saturated heterocycles. The van der Waals surface area contributed by atoms with Crippen LogP contribution in [-0.4, -0.2) is 26.8 Å². The van der Waals surface area contributed by atoms with Crippen molar-refractivity contribution in [2.75, 3.05) is 6.54 Å². The first-order valence-electron chi connectivity index (χ1n) is 5.80. The summed E-state index contributed by atoms with van der Waals surface area (Å²) in [6, 6.07) is 10.6. The largest absolute Gasteiger partial charge is 0.310 e. The predicted octanol–water partition coefficient (Wildman–Crippen LogP) is 1.10. The second-order valence-corrected chi connectivity index (χ2v) is 3.94. The lowest BCUT2D eigenvalue weighted by atomic mass is 10.0. The Morgan fingerprint density at radius 1 is 1.29 bits per heavy atom. The van der Waals surface area contributed by atoms with Crippen LogP contribution in [0.3, 0.4) is 0 Å². The van der Waals surface area contributed by atoms with Gasteiger partial charge in [0.15, 0.2) is 5.82 Å². The van der Waals surface area contributed by atoms with E-state index in [1.807, 2.05) is 13.1 Å². The van der Waals surface area contributed by atoms with Crippen LogP contribution < -0.4 is 5.32 Å². The quantitative estimate of drug-likeness (QED) is 0.837. The second-order valence-electron chi connectivity index (χ2n) is 3.94. The molecule has 1 atom stereocenters. The van der Waals surface area contributed by atoms with E-state index >= 15 is 0 Å². The molecule has 1 aromatic heterocycles. The van der Waals surface area contributed by atoms with Crippen molar-refractivity contribution in [3.63, 3.8) is 0 Å². The lowest BCUT2D eigenvalue weighted by Gasteiger charge is -2.17. The van der Waals surface area contributed by atoms with Gasteiger partial charge in [-0.2, -0.15) is 0 Å². The Kier molecular flexibility index (Phi) is 3.82. The van der Waals surface area contributed by atoms with Gasteiger partial charge in [-0.05, 0) is 22.5 Å². The lowest BCUT2D eigenvalue weighted by molar-refractivity contribution is 0.522. The maximum absolute atomic E-state index is 4.03. The van der Waals surface area contributed by atoms with Crippen molar-refractivity contribution in [1.82, 2.24) is 25.5 Å². The van der Waals surface area contributed by atoms with E-state index in [4.69, 9.17) is 0 Å². The van der Waals surface area contributed by atoms with Crippen molar-refractivity contribution in [3.8, 4) is 0 Å². The van der Waals surface area contributed by atoms with Crippen LogP contribution in [0.2, 0.25) is 0 Å². The molecule has 5 nitrogen and oxygen atoms in total. The van der Waals surface area contributed by atoms with E-state index in [1.54, 1.807) is 4.68 Å². The molecule has 0 aliphatic rings. The molecule has 17 heavy (non-hydrogen) atoms. The first kappa shape index (κ1) is 11.7. The van der Waals surface area contributed by atoms with Crippen LogP contribution in [0.15, 0.2) is 30.3 Å². The summed E-state index contributed by atoms with van der Waals surface area (Å²) in [6.07, 6.45) is 0.793. The molecule has 0 radical (unpaired) electrons. The van der Waals surface area contributed by atoms with Crippen molar-refractivity contribution in [1.29, 1.82) is 0 Å². The van der Waals surface area contributed by atoms with Crippen LogP contribution in [0.25, 0.3) is 0 Å². The maximum atomic E-state index is 4.03. The van der Waals surface area contributed by atoms with Gasteiger partial charge in [-0.1, -0.05) is 37.3 Å². The first-order chi connectivity index (χ1) is 8.31. The molecule has 2 aromatic rings. The molecule has 0 saturated carbocycles. The van der Waals surface area contributed by atoms with Gasteiger partial charge >= 0.3 is 0 Å². The molecule has 1 N–H and O–H groups in total. The van der Waals surface area contributed by atoms with Crippen LogP contribution in [0, 0.1) is 0 Å². The summed E-state index contributed by atoms with van der Waals surface area (Å²) in [6.45, 7) is 3.02. The van der Waals surface area contributed by atoms with Gasteiger partial charge in [0.05, 0.1) is 0 Å². The molecule has 0 amide bonds. The van der Waals surface area contributed by atoms with E-state index in [0.29, 0.717) is 0 Å². The average Bonchev–Trinajstić information content (AvgIpc) is 2.76. The number of aromatic nitrogens is 4. The van der Waals surface area contributed by atoms with E-state index in [0.717, 1.165) is 18.8 Å². The highest BCUT2D eigenvalue weighted by Crippen LogP contribution is 2.16. The molecule has 1 heterocycles. The molecule has 5 heteroatoms. The zero-order valence-electron chi connectivity index (χ0n) is 10.2. The van der Waals surface area contributed by atoms with E-state index < -0.39 is 0 Å². The van der Waals surface area contributed by atoms with Crippen LogP contribution in [0.4, 0.5) is 0 Å². The fourth-order valence-corrected chi connectivity index (χ4v) is 1.84. The molecule has 90 valence electrons. The normalized spacial score (nSPS) is 12.6. The molecule has 0 aliphatic heterocycles. The summed E-state index contributed by atoms with van der Waals surface area (Å²) < 4.78 is 1.72. The van der Waals surface area contributed by atoms with Crippen molar-refractivity contribution < 1.29 is 0 Å². The standard InChI is InChI=1S/C12H17N5/c1-3-13-11(10-7-5-4-6-8-10)9-12-14-15-16-17(12)2/h4-8,11,13H,3,9H2,1-2H3. The van der Waals surface area contributed by atoms with E-state index in [9.17, 15) is 0 Å². The minimum atomic E-state index is 0.255. The summed E-state index contributed by atoms with van der Waals surface area (Å²) >= 11 is 0. The number of hydrogen-bond donors (Lipinski definition) is 1. The number of tetrazole rings is 1. The minimum absolute atomic E-state index is 0.255. The fraction of sp³-hybridized carbons (Fsp3) is 0.417. The smallest absolute Gasteiger partial charge is 0.152 e. The molecular formula is C12H17N5. The minimum Gasteiger partial charge on any atom is -0.310 e. The Labute approximate surface area is 101 Å². The number of nitrogens with zero attached hydrogens (tertiary/aromatic N) is 4. The number of likely N-dealkylation sites (N-methyl/N-ethyl adjacent to an activating group) is 1. The highest BCUT2D eigenvalue weighted by molar-refractivity contribution is 5.19. The van der Waals surface area contributed by atoms with Gasteiger partial charge in [0.1, 0.15) is 0 Å². The van der Waals surface area contributed by atoms with Crippen LogP contribution >= 0.6 is 0 Å². The van der Waals surface area contributed by atoms with Gasteiger partial charge < -0.3 is 5.32 Å². The predicted molar refractivity (Wildman–Crippen MR) is 65.4 cm³/mol. The average molecular weight is 231 g/mol. The number of rotatable bonds is 5. The maximum Gasteiger partial charge on any atom is 0.152 e. The van der Waals surface area contributed by atoms with E-state index in [2.05, 4.69) is 52.0 Å². The summed E-state index contributed by atoms with van der Waals surface area (Å²) in [5.41, 5.74) is 1.26. The number of hydrogen-bond acceptors (Lipinski definition) is 4. The highest BCUT2D eigenvalue weighted by atomic mass is 15.5.